The standard InChI is InChI=1S/C12H12N4O/c13-10-9-6-8(7-4-2-1-3-5-7)12(17)14-11(9)16-15-10/h1-5,8H,6H2,(H4,13,14,15,16,17). The maximum absolute atomic E-state index is 12.0. The normalized spacial score (nSPS) is 18.6. The van der Waals surface area contributed by atoms with E-state index in [-0.39, 0.29) is 11.8 Å². The Kier molecular flexibility index (Phi) is 2.11. The Hall–Kier alpha value is -2.30. The lowest BCUT2D eigenvalue weighted by Gasteiger charge is -2.21. The minimum Gasteiger partial charge on any atom is -0.384 e. The number of fused-ring (bicyclic) bond motifs is 1. The molecule has 5 heteroatoms. The predicted octanol–water partition coefficient (Wildman–Crippen LogP) is 1.27. The van der Waals surface area contributed by atoms with Gasteiger partial charge in [0, 0.05) is 5.56 Å². The van der Waals surface area contributed by atoms with Gasteiger partial charge in [0.05, 0.1) is 5.92 Å². The topological polar surface area (TPSA) is 83.8 Å². The third-order valence-corrected chi connectivity index (χ3v) is 3.07. The number of rotatable bonds is 1. The Morgan fingerprint density at radius 1 is 1.29 bits per heavy atom. The molecule has 86 valence electrons. The highest BCUT2D eigenvalue weighted by Gasteiger charge is 2.30. The van der Waals surface area contributed by atoms with Crippen molar-refractivity contribution in [3.63, 3.8) is 0 Å². The summed E-state index contributed by atoms with van der Waals surface area (Å²) in [6.45, 7) is 0. The van der Waals surface area contributed by atoms with Crippen LogP contribution in [-0.4, -0.2) is 16.1 Å². The number of nitrogens with two attached hydrogens (primary N) is 1. The summed E-state index contributed by atoms with van der Waals surface area (Å²) in [5.74, 6) is 0.861. The number of anilines is 2. The summed E-state index contributed by atoms with van der Waals surface area (Å²) in [5, 5.41) is 9.41. The molecule has 4 N–H and O–H groups in total. The quantitative estimate of drug-likeness (QED) is 0.687. The van der Waals surface area contributed by atoms with Crippen molar-refractivity contribution >= 4 is 17.5 Å². The average Bonchev–Trinajstić information content (AvgIpc) is 2.70. The number of aromatic nitrogens is 2. The van der Waals surface area contributed by atoms with Gasteiger partial charge in [-0.3, -0.25) is 9.89 Å². The SMILES string of the molecule is Nc1[nH]nc2c1CC(c1ccccc1)C(=O)N2. The number of carbonyl (C=O) groups excluding carboxylic acids is 1. The second kappa shape index (κ2) is 3.62. The Balaban J connectivity index is 1.99. The van der Waals surface area contributed by atoms with Gasteiger partial charge in [0.25, 0.3) is 0 Å². The van der Waals surface area contributed by atoms with Crippen LogP contribution in [-0.2, 0) is 11.2 Å². The second-order valence-electron chi connectivity index (χ2n) is 4.12. The summed E-state index contributed by atoms with van der Waals surface area (Å²) in [4.78, 5) is 12.0. The van der Waals surface area contributed by atoms with Gasteiger partial charge < -0.3 is 11.1 Å². The van der Waals surface area contributed by atoms with Crippen LogP contribution < -0.4 is 11.1 Å². The Labute approximate surface area is 98.0 Å². The molecule has 0 spiro atoms. The maximum atomic E-state index is 12.0. The molecule has 0 fully saturated rings. The predicted molar refractivity (Wildman–Crippen MR) is 64.5 cm³/mol. The zero-order chi connectivity index (χ0) is 11.8. The van der Waals surface area contributed by atoms with Crippen LogP contribution in [0.15, 0.2) is 30.3 Å². The van der Waals surface area contributed by atoms with Crippen molar-refractivity contribution in [3.05, 3.63) is 41.5 Å². The first-order chi connectivity index (χ1) is 8.25. The van der Waals surface area contributed by atoms with E-state index >= 15 is 0 Å². The van der Waals surface area contributed by atoms with E-state index in [1.54, 1.807) is 0 Å². The molecule has 5 nitrogen and oxygen atoms in total. The van der Waals surface area contributed by atoms with Crippen molar-refractivity contribution in [2.24, 2.45) is 0 Å². The number of benzene rings is 1. The van der Waals surface area contributed by atoms with Gasteiger partial charge in [-0.1, -0.05) is 30.3 Å². The van der Waals surface area contributed by atoms with Gasteiger partial charge in [0.2, 0.25) is 5.91 Å². The van der Waals surface area contributed by atoms with Crippen LogP contribution in [0.4, 0.5) is 11.6 Å². The molecule has 2 heterocycles. The minimum absolute atomic E-state index is 0.0322. The molecule has 0 aliphatic carbocycles. The van der Waals surface area contributed by atoms with Crippen LogP contribution >= 0.6 is 0 Å². The van der Waals surface area contributed by atoms with Gasteiger partial charge in [0.15, 0.2) is 5.82 Å². The van der Waals surface area contributed by atoms with Crippen LogP contribution in [0.25, 0.3) is 0 Å². The molecule has 0 saturated heterocycles. The first-order valence-corrected chi connectivity index (χ1v) is 5.44. The zero-order valence-electron chi connectivity index (χ0n) is 9.10. The summed E-state index contributed by atoms with van der Waals surface area (Å²) in [6.07, 6.45) is 0.591. The number of hydrogen-bond donors (Lipinski definition) is 3. The molecule has 1 atom stereocenters. The lowest BCUT2D eigenvalue weighted by Crippen LogP contribution is -2.28. The molecule has 3 rings (SSSR count). The summed E-state index contributed by atoms with van der Waals surface area (Å²) in [5.41, 5.74) is 7.66. The van der Waals surface area contributed by atoms with Crippen molar-refractivity contribution in [1.29, 1.82) is 0 Å². The molecule has 0 saturated carbocycles. The fourth-order valence-electron chi connectivity index (χ4n) is 2.14. The van der Waals surface area contributed by atoms with Crippen LogP contribution in [0.1, 0.15) is 17.0 Å². The van der Waals surface area contributed by atoms with Crippen molar-refractivity contribution in [3.8, 4) is 0 Å². The van der Waals surface area contributed by atoms with Gasteiger partial charge in [-0.15, -0.1) is 0 Å². The Morgan fingerprint density at radius 2 is 2.06 bits per heavy atom. The third-order valence-electron chi connectivity index (χ3n) is 3.07. The fourth-order valence-corrected chi connectivity index (χ4v) is 2.14. The molecule has 1 aromatic carbocycles. The molecular weight excluding hydrogens is 216 g/mol. The zero-order valence-corrected chi connectivity index (χ0v) is 9.10. The fraction of sp³-hybridized carbons (Fsp3) is 0.167. The molecule has 0 bridgehead atoms. The molecule has 1 unspecified atom stereocenters. The smallest absolute Gasteiger partial charge is 0.233 e. The molecular formula is C12H12N4O. The minimum atomic E-state index is -0.191. The van der Waals surface area contributed by atoms with Crippen LogP contribution in [0, 0.1) is 0 Å². The van der Waals surface area contributed by atoms with E-state index in [4.69, 9.17) is 5.73 Å². The van der Waals surface area contributed by atoms with Gasteiger partial charge in [-0.2, -0.15) is 5.10 Å². The van der Waals surface area contributed by atoms with Crippen LogP contribution in [0.2, 0.25) is 0 Å². The maximum Gasteiger partial charge on any atom is 0.233 e. The lowest BCUT2D eigenvalue weighted by molar-refractivity contribution is -0.117. The van der Waals surface area contributed by atoms with Crippen LogP contribution in [0.5, 0.6) is 0 Å². The van der Waals surface area contributed by atoms with Gasteiger partial charge >= 0.3 is 0 Å². The summed E-state index contributed by atoms with van der Waals surface area (Å²) in [7, 11) is 0. The molecule has 1 amide bonds. The molecule has 1 aromatic heterocycles. The molecule has 0 radical (unpaired) electrons. The van der Waals surface area contributed by atoms with E-state index in [1.165, 1.54) is 0 Å². The van der Waals surface area contributed by atoms with Crippen molar-refractivity contribution < 1.29 is 4.79 Å². The monoisotopic (exact) mass is 228 g/mol. The van der Waals surface area contributed by atoms with Crippen molar-refractivity contribution in [2.75, 3.05) is 11.1 Å². The van der Waals surface area contributed by atoms with E-state index in [1.807, 2.05) is 30.3 Å². The molecule has 1 aliphatic heterocycles. The number of nitrogens with one attached hydrogen (secondary N) is 2. The summed E-state index contributed by atoms with van der Waals surface area (Å²) in [6, 6.07) is 9.69. The molecule has 2 aromatic rings. The number of nitrogens with zero attached hydrogens (tertiary/aromatic N) is 1. The average molecular weight is 228 g/mol. The highest BCUT2D eigenvalue weighted by Crippen LogP contribution is 2.32. The number of H-pyrrole nitrogens is 1. The number of aromatic amines is 1. The number of amides is 1. The van der Waals surface area contributed by atoms with E-state index in [0.29, 0.717) is 18.1 Å². The third kappa shape index (κ3) is 1.56. The van der Waals surface area contributed by atoms with E-state index < -0.39 is 0 Å². The molecule has 17 heavy (non-hydrogen) atoms. The second-order valence-corrected chi connectivity index (χ2v) is 4.12. The van der Waals surface area contributed by atoms with E-state index in [0.717, 1.165) is 11.1 Å². The van der Waals surface area contributed by atoms with Crippen LogP contribution in [0.3, 0.4) is 0 Å². The van der Waals surface area contributed by atoms with Crippen molar-refractivity contribution in [2.45, 2.75) is 12.3 Å². The highest BCUT2D eigenvalue weighted by atomic mass is 16.2. The number of nitrogen functional groups attached to an aromatic ring is 1. The molecule has 1 aliphatic rings. The van der Waals surface area contributed by atoms with Gasteiger partial charge in [-0.05, 0) is 12.0 Å². The largest absolute Gasteiger partial charge is 0.384 e. The van der Waals surface area contributed by atoms with E-state index in [9.17, 15) is 4.79 Å². The number of carbonyl (C=O) groups is 1. The Bertz CT molecular complexity index is 561. The summed E-state index contributed by atoms with van der Waals surface area (Å²) < 4.78 is 0. The first-order valence-electron chi connectivity index (χ1n) is 5.44. The highest BCUT2D eigenvalue weighted by molar-refractivity contribution is 5.98. The Morgan fingerprint density at radius 3 is 2.82 bits per heavy atom. The first kappa shape index (κ1) is 9.89. The van der Waals surface area contributed by atoms with Gasteiger partial charge in [0.1, 0.15) is 5.82 Å². The van der Waals surface area contributed by atoms with Gasteiger partial charge in [-0.25, -0.2) is 0 Å². The summed E-state index contributed by atoms with van der Waals surface area (Å²) >= 11 is 0. The van der Waals surface area contributed by atoms with Crippen molar-refractivity contribution in [1.82, 2.24) is 10.2 Å². The lowest BCUT2D eigenvalue weighted by atomic mass is 9.89. The number of hydrogen-bond acceptors (Lipinski definition) is 3. The van der Waals surface area contributed by atoms with E-state index in [2.05, 4.69) is 15.5 Å².